The lowest BCUT2D eigenvalue weighted by molar-refractivity contribution is 0.0776. The molecule has 178 valence electrons. The van der Waals surface area contributed by atoms with Crippen molar-refractivity contribution in [3.8, 4) is 16.9 Å². The first-order valence-corrected chi connectivity index (χ1v) is 12.0. The Bertz CT molecular complexity index is 1370. The number of nitrogens with zero attached hydrogens (tertiary/aromatic N) is 4. The Balaban J connectivity index is 1.53. The molecule has 1 aliphatic rings. The van der Waals surface area contributed by atoms with Gasteiger partial charge in [0.25, 0.3) is 5.91 Å². The highest BCUT2D eigenvalue weighted by molar-refractivity contribution is 6.33. The SMILES string of the molecule is CCc1nc2c(n1Cc1ccc(-c3ccccc3)cc1)C(=O)N(C)CN2c1ccc(OC)cc1Cl. The number of halogens is 1. The summed E-state index contributed by atoms with van der Waals surface area (Å²) >= 11 is 6.61. The third-order valence-electron chi connectivity index (χ3n) is 6.35. The highest BCUT2D eigenvalue weighted by Crippen LogP contribution is 2.38. The molecule has 35 heavy (non-hydrogen) atoms. The first-order valence-electron chi connectivity index (χ1n) is 11.6. The van der Waals surface area contributed by atoms with Gasteiger partial charge in [-0.05, 0) is 28.8 Å². The molecule has 1 amide bonds. The number of rotatable bonds is 6. The molecular formula is C28H27ClN4O2. The van der Waals surface area contributed by atoms with Crippen molar-refractivity contribution in [1.29, 1.82) is 0 Å². The van der Waals surface area contributed by atoms with Gasteiger partial charge in [-0.25, -0.2) is 4.98 Å². The van der Waals surface area contributed by atoms with Crippen LogP contribution in [0.1, 0.15) is 28.8 Å². The smallest absolute Gasteiger partial charge is 0.275 e. The molecule has 2 heterocycles. The van der Waals surface area contributed by atoms with E-state index in [9.17, 15) is 4.79 Å². The highest BCUT2D eigenvalue weighted by atomic mass is 35.5. The molecule has 1 aliphatic heterocycles. The molecule has 0 atom stereocenters. The van der Waals surface area contributed by atoms with Crippen molar-refractivity contribution in [2.24, 2.45) is 0 Å². The molecule has 0 N–H and O–H groups in total. The van der Waals surface area contributed by atoms with Crippen molar-refractivity contribution in [2.75, 3.05) is 25.7 Å². The molecular weight excluding hydrogens is 460 g/mol. The number of amides is 1. The number of benzene rings is 3. The monoisotopic (exact) mass is 486 g/mol. The number of ether oxygens (including phenoxy) is 1. The Morgan fingerprint density at radius 1 is 1.00 bits per heavy atom. The van der Waals surface area contributed by atoms with Gasteiger partial charge < -0.3 is 19.1 Å². The summed E-state index contributed by atoms with van der Waals surface area (Å²) < 4.78 is 7.34. The zero-order valence-electron chi connectivity index (χ0n) is 20.0. The second-order valence-corrected chi connectivity index (χ2v) is 9.00. The minimum atomic E-state index is -0.0472. The minimum absolute atomic E-state index is 0.0472. The summed E-state index contributed by atoms with van der Waals surface area (Å²) in [5.74, 6) is 2.13. The molecule has 0 spiro atoms. The van der Waals surface area contributed by atoms with Crippen LogP contribution in [-0.4, -0.2) is 41.2 Å². The second kappa shape index (κ2) is 9.47. The molecule has 3 aromatic carbocycles. The second-order valence-electron chi connectivity index (χ2n) is 8.59. The zero-order chi connectivity index (χ0) is 24.5. The van der Waals surface area contributed by atoms with Gasteiger partial charge in [-0.15, -0.1) is 0 Å². The van der Waals surface area contributed by atoms with Crippen LogP contribution < -0.4 is 9.64 Å². The van der Waals surface area contributed by atoms with Gasteiger partial charge in [-0.2, -0.15) is 0 Å². The number of hydrogen-bond donors (Lipinski definition) is 0. The van der Waals surface area contributed by atoms with Crippen LogP contribution in [0.5, 0.6) is 5.75 Å². The molecule has 0 bridgehead atoms. The Kier molecular flexibility index (Phi) is 6.22. The third kappa shape index (κ3) is 4.26. The summed E-state index contributed by atoms with van der Waals surface area (Å²) in [4.78, 5) is 21.9. The van der Waals surface area contributed by atoms with Gasteiger partial charge in [0.2, 0.25) is 0 Å². The molecule has 4 aromatic rings. The molecule has 0 aliphatic carbocycles. The average Bonchev–Trinajstić information content (AvgIpc) is 3.25. The van der Waals surface area contributed by atoms with E-state index in [2.05, 4.69) is 43.3 Å². The quantitative estimate of drug-likeness (QED) is 0.335. The van der Waals surface area contributed by atoms with Crippen LogP contribution in [-0.2, 0) is 13.0 Å². The number of fused-ring (bicyclic) bond motifs is 1. The van der Waals surface area contributed by atoms with E-state index >= 15 is 0 Å². The van der Waals surface area contributed by atoms with Gasteiger partial charge in [-0.1, -0.05) is 73.1 Å². The normalized spacial score (nSPS) is 13.2. The van der Waals surface area contributed by atoms with Gasteiger partial charge in [0.15, 0.2) is 11.5 Å². The number of hydrogen-bond acceptors (Lipinski definition) is 4. The molecule has 5 rings (SSSR count). The first-order chi connectivity index (χ1) is 17.0. The van der Waals surface area contributed by atoms with Crippen molar-refractivity contribution in [1.82, 2.24) is 14.5 Å². The lowest BCUT2D eigenvalue weighted by Gasteiger charge is -2.34. The molecule has 6 nitrogen and oxygen atoms in total. The van der Waals surface area contributed by atoms with Gasteiger partial charge in [0.05, 0.1) is 24.5 Å². The largest absolute Gasteiger partial charge is 0.497 e. The summed E-state index contributed by atoms with van der Waals surface area (Å²) in [6.07, 6.45) is 0.705. The predicted molar refractivity (Wildman–Crippen MR) is 140 cm³/mol. The van der Waals surface area contributed by atoms with E-state index in [0.29, 0.717) is 41.9 Å². The number of aryl methyl sites for hydroxylation is 1. The van der Waals surface area contributed by atoms with E-state index in [0.717, 1.165) is 22.6 Å². The Labute approximate surface area is 210 Å². The fourth-order valence-corrected chi connectivity index (χ4v) is 4.76. The number of carbonyl (C=O) groups is 1. The Hall–Kier alpha value is -3.77. The van der Waals surface area contributed by atoms with Crippen molar-refractivity contribution in [3.63, 3.8) is 0 Å². The molecule has 0 saturated heterocycles. The predicted octanol–water partition coefficient (Wildman–Crippen LogP) is 6.00. The van der Waals surface area contributed by atoms with E-state index in [1.165, 1.54) is 5.56 Å². The topological polar surface area (TPSA) is 50.6 Å². The highest BCUT2D eigenvalue weighted by Gasteiger charge is 2.35. The summed E-state index contributed by atoms with van der Waals surface area (Å²) in [5, 5.41) is 0.544. The lowest BCUT2D eigenvalue weighted by atomic mass is 10.0. The molecule has 0 fully saturated rings. The maximum absolute atomic E-state index is 13.3. The number of methoxy groups -OCH3 is 1. The van der Waals surface area contributed by atoms with Crippen molar-refractivity contribution >= 4 is 29.0 Å². The maximum atomic E-state index is 13.3. The fourth-order valence-electron chi connectivity index (χ4n) is 4.49. The van der Waals surface area contributed by atoms with Crippen LogP contribution in [0, 0.1) is 0 Å². The summed E-state index contributed by atoms with van der Waals surface area (Å²) in [7, 11) is 3.41. The van der Waals surface area contributed by atoms with Crippen molar-refractivity contribution < 1.29 is 9.53 Å². The summed E-state index contributed by atoms with van der Waals surface area (Å²) in [6, 6.07) is 24.3. The van der Waals surface area contributed by atoms with E-state index in [1.807, 2.05) is 39.8 Å². The van der Waals surface area contributed by atoms with Gasteiger partial charge >= 0.3 is 0 Å². The third-order valence-corrected chi connectivity index (χ3v) is 6.65. The van der Waals surface area contributed by atoms with Crippen LogP contribution in [0.2, 0.25) is 5.02 Å². The number of imidazole rings is 1. The van der Waals surface area contributed by atoms with Gasteiger partial charge in [0, 0.05) is 26.1 Å². The zero-order valence-corrected chi connectivity index (χ0v) is 20.8. The first kappa shape index (κ1) is 23.0. The molecule has 0 unspecified atom stereocenters. The minimum Gasteiger partial charge on any atom is -0.497 e. The summed E-state index contributed by atoms with van der Waals surface area (Å²) in [5.41, 5.74) is 4.81. The number of aromatic nitrogens is 2. The van der Waals surface area contributed by atoms with Crippen LogP contribution >= 0.6 is 11.6 Å². The molecule has 1 aromatic heterocycles. The molecule has 0 saturated carbocycles. The summed E-state index contributed by atoms with van der Waals surface area (Å²) in [6.45, 7) is 2.98. The van der Waals surface area contributed by atoms with Crippen LogP contribution in [0.25, 0.3) is 11.1 Å². The average molecular weight is 487 g/mol. The maximum Gasteiger partial charge on any atom is 0.275 e. The standard InChI is InChI=1S/C28H27ClN4O2/c1-4-25-30-27-26(28(34)31(2)18-33(27)24-15-14-22(35-3)16-23(24)29)32(25)17-19-10-12-21(13-11-19)20-8-6-5-7-9-20/h5-16H,4,17-18H2,1-3H3. The Morgan fingerprint density at radius 2 is 1.71 bits per heavy atom. The fraction of sp³-hybridized carbons (Fsp3) is 0.214. The lowest BCUT2D eigenvalue weighted by Crippen LogP contribution is -2.43. The molecule has 0 radical (unpaired) electrons. The van der Waals surface area contributed by atoms with Crippen molar-refractivity contribution in [2.45, 2.75) is 19.9 Å². The number of carbonyl (C=O) groups excluding carboxylic acids is 1. The Morgan fingerprint density at radius 3 is 2.37 bits per heavy atom. The van der Waals surface area contributed by atoms with E-state index in [-0.39, 0.29) is 5.91 Å². The van der Waals surface area contributed by atoms with Crippen molar-refractivity contribution in [3.05, 3.63) is 94.9 Å². The van der Waals surface area contributed by atoms with Crippen LogP contribution in [0.15, 0.2) is 72.8 Å². The number of anilines is 2. The molecule has 7 heteroatoms. The van der Waals surface area contributed by atoms with Gasteiger partial charge in [0.1, 0.15) is 11.6 Å². The van der Waals surface area contributed by atoms with E-state index < -0.39 is 0 Å². The van der Waals surface area contributed by atoms with Gasteiger partial charge in [-0.3, -0.25) is 4.79 Å². The van der Waals surface area contributed by atoms with E-state index in [4.69, 9.17) is 21.3 Å². The van der Waals surface area contributed by atoms with E-state index in [1.54, 1.807) is 25.1 Å². The van der Waals surface area contributed by atoms with Crippen LogP contribution in [0.4, 0.5) is 11.5 Å². The van der Waals surface area contributed by atoms with Crippen LogP contribution in [0.3, 0.4) is 0 Å².